The third-order valence-electron chi connectivity index (χ3n) is 5.42. The fraction of sp³-hybridized carbons (Fsp3) is 0.174. The molecular formula is C23H20ClN3O. The zero-order valence-corrected chi connectivity index (χ0v) is 16.2. The highest BCUT2D eigenvalue weighted by Gasteiger charge is 2.31. The zero-order chi connectivity index (χ0) is 19.1. The van der Waals surface area contributed by atoms with Crippen LogP contribution < -0.4 is 10.1 Å². The average molecular weight is 390 g/mol. The Morgan fingerprint density at radius 1 is 1.00 bits per heavy atom. The summed E-state index contributed by atoms with van der Waals surface area (Å²) in [4.78, 5) is 4.86. The fourth-order valence-electron chi connectivity index (χ4n) is 4.05. The third kappa shape index (κ3) is 2.90. The molecule has 2 atom stereocenters. The van der Waals surface area contributed by atoms with Gasteiger partial charge in [0, 0.05) is 5.02 Å². The molecule has 5 rings (SSSR count). The number of nitrogens with one attached hydrogen (secondary N) is 1. The molecule has 1 N–H and O–H groups in total. The van der Waals surface area contributed by atoms with Gasteiger partial charge in [0.25, 0.3) is 0 Å². The van der Waals surface area contributed by atoms with Gasteiger partial charge in [-0.05, 0) is 53.9 Å². The minimum absolute atomic E-state index is 0.151. The Morgan fingerprint density at radius 2 is 1.82 bits per heavy atom. The molecule has 0 bridgehead atoms. The van der Waals surface area contributed by atoms with Gasteiger partial charge in [0.15, 0.2) is 0 Å². The molecule has 4 nitrogen and oxygen atoms in total. The molecule has 0 aliphatic carbocycles. The Morgan fingerprint density at radius 3 is 2.64 bits per heavy atom. The number of benzene rings is 3. The van der Waals surface area contributed by atoms with Crippen LogP contribution in [-0.4, -0.2) is 16.7 Å². The standard InChI is InChI=1S/C23H20ClN3O/c1-28-18-6-4-5-16(13-18)22-14-20(15-9-11-17(24)12-10-15)26-23-25-19-7-2-3-8-21(19)27(22)23/h2-13,20,22H,14H2,1H3,(H,25,26)/t20-,22+/m1/s1. The lowest BCUT2D eigenvalue weighted by Gasteiger charge is -2.33. The number of methoxy groups -OCH3 is 1. The van der Waals surface area contributed by atoms with Crippen LogP contribution in [-0.2, 0) is 0 Å². The van der Waals surface area contributed by atoms with E-state index in [-0.39, 0.29) is 12.1 Å². The van der Waals surface area contributed by atoms with Crippen LogP contribution >= 0.6 is 11.6 Å². The summed E-state index contributed by atoms with van der Waals surface area (Å²) < 4.78 is 7.77. The van der Waals surface area contributed by atoms with E-state index in [0.717, 1.165) is 34.2 Å². The van der Waals surface area contributed by atoms with E-state index in [1.54, 1.807) is 7.11 Å². The molecule has 140 valence electrons. The van der Waals surface area contributed by atoms with Crippen molar-refractivity contribution in [3.05, 3.63) is 88.9 Å². The van der Waals surface area contributed by atoms with Gasteiger partial charge in [-0.25, -0.2) is 4.98 Å². The van der Waals surface area contributed by atoms with Crippen LogP contribution in [0, 0.1) is 0 Å². The maximum atomic E-state index is 6.09. The minimum Gasteiger partial charge on any atom is -0.497 e. The lowest BCUT2D eigenvalue weighted by molar-refractivity contribution is 0.411. The van der Waals surface area contributed by atoms with Crippen LogP contribution in [0.15, 0.2) is 72.8 Å². The molecule has 28 heavy (non-hydrogen) atoms. The second-order valence-electron chi connectivity index (χ2n) is 7.07. The number of hydrogen-bond acceptors (Lipinski definition) is 3. The summed E-state index contributed by atoms with van der Waals surface area (Å²) in [5.74, 6) is 1.75. The molecule has 2 heterocycles. The Kier molecular flexibility index (Phi) is 4.21. The minimum atomic E-state index is 0.151. The van der Waals surface area contributed by atoms with Crippen LogP contribution in [0.5, 0.6) is 5.75 Å². The summed E-state index contributed by atoms with van der Waals surface area (Å²) in [6.45, 7) is 0. The molecule has 0 saturated heterocycles. The third-order valence-corrected chi connectivity index (χ3v) is 5.67. The van der Waals surface area contributed by atoms with E-state index in [4.69, 9.17) is 21.3 Å². The van der Waals surface area contributed by atoms with Gasteiger partial charge >= 0.3 is 0 Å². The smallest absolute Gasteiger partial charge is 0.204 e. The normalized spacial score (nSPS) is 18.5. The number of anilines is 1. The zero-order valence-electron chi connectivity index (χ0n) is 15.5. The van der Waals surface area contributed by atoms with Gasteiger partial charge in [0.1, 0.15) is 5.75 Å². The number of rotatable bonds is 3. The van der Waals surface area contributed by atoms with E-state index in [9.17, 15) is 0 Å². The number of aromatic nitrogens is 2. The van der Waals surface area contributed by atoms with Crippen LogP contribution in [0.25, 0.3) is 11.0 Å². The molecule has 1 aromatic heterocycles. The molecule has 4 aromatic rings. The number of para-hydroxylation sites is 2. The number of nitrogens with zero attached hydrogens (tertiary/aromatic N) is 2. The predicted molar refractivity (Wildman–Crippen MR) is 113 cm³/mol. The highest BCUT2D eigenvalue weighted by atomic mass is 35.5. The molecule has 0 fully saturated rings. The first-order valence-corrected chi connectivity index (χ1v) is 9.73. The Labute approximate surface area is 168 Å². The summed E-state index contributed by atoms with van der Waals surface area (Å²) >= 11 is 6.09. The van der Waals surface area contributed by atoms with Gasteiger partial charge < -0.3 is 14.6 Å². The van der Waals surface area contributed by atoms with E-state index in [1.165, 1.54) is 11.1 Å². The lowest BCUT2D eigenvalue weighted by Crippen LogP contribution is -2.27. The van der Waals surface area contributed by atoms with Crippen molar-refractivity contribution in [1.29, 1.82) is 0 Å². The summed E-state index contributed by atoms with van der Waals surface area (Å²) in [6.07, 6.45) is 0.905. The number of halogens is 1. The summed E-state index contributed by atoms with van der Waals surface area (Å²) in [7, 11) is 1.70. The van der Waals surface area contributed by atoms with E-state index >= 15 is 0 Å². The average Bonchev–Trinajstić information content (AvgIpc) is 3.12. The maximum Gasteiger partial charge on any atom is 0.204 e. The number of fused-ring (bicyclic) bond motifs is 3. The second kappa shape index (κ2) is 6.88. The first-order valence-electron chi connectivity index (χ1n) is 9.36. The fourth-order valence-corrected chi connectivity index (χ4v) is 4.18. The van der Waals surface area contributed by atoms with Gasteiger partial charge in [-0.15, -0.1) is 0 Å². The predicted octanol–water partition coefficient (Wildman–Crippen LogP) is 5.84. The second-order valence-corrected chi connectivity index (χ2v) is 7.51. The molecule has 0 saturated carbocycles. The summed E-state index contributed by atoms with van der Waals surface area (Å²) in [6, 6.07) is 24.9. The number of ether oxygens (including phenoxy) is 1. The van der Waals surface area contributed by atoms with Crippen LogP contribution in [0.2, 0.25) is 5.02 Å². The highest BCUT2D eigenvalue weighted by molar-refractivity contribution is 6.30. The molecule has 0 spiro atoms. The Hall–Kier alpha value is -2.98. The van der Waals surface area contributed by atoms with E-state index in [0.29, 0.717) is 0 Å². The monoisotopic (exact) mass is 389 g/mol. The Bertz CT molecular complexity index is 1140. The van der Waals surface area contributed by atoms with Gasteiger partial charge in [-0.3, -0.25) is 0 Å². The van der Waals surface area contributed by atoms with E-state index in [2.05, 4.69) is 52.3 Å². The van der Waals surface area contributed by atoms with Gasteiger partial charge in [0.05, 0.1) is 30.2 Å². The van der Waals surface area contributed by atoms with Crippen molar-refractivity contribution >= 4 is 28.6 Å². The van der Waals surface area contributed by atoms with Gasteiger partial charge in [0.2, 0.25) is 5.95 Å². The van der Waals surface area contributed by atoms with Crippen LogP contribution in [0.1, 0.15) is 29.6 Å². The van der Waals surface area contributed by atoms with Crippen LogP contribution in [0.4, 0.5) is 5.95 Å². The molecule has 1 aliphatic heterocycles. The van der Waals surface area contributed by atoms with Gasteiger partial charge in [-0.1, -0.05) is 48.0 Å². The molecule has 3 aromatic carbocycles. The molecule has 0 unspecified atom stereocenters. The van der Waals surface area contributed by atoms with Crippen molar-refractivity contribution in [2.24, 2.45) is 0 Å². The van der Waals surface area contributed by atoms with Gasteiger partial charge in [-0.2, -0.15) is 0 Å². The molecule has 5 heteroatoms. The quantitative estimate of drug-likeness (QED) is 0.478. The van der Waals surface area contributed by atoms with Crippen molar-refractivity contribution in [3.8, 4) is 5.75 Å². The maximum absolute atomic E-state index is 6.09. The summed E-state index contributed by atoms with van der Waals surface area (Å²) in [5.41, 5.74) is 4.54. The van der Waals surface area contributed by atoms with Crippen LogP contribution in [0.3, 0.4) is 0 Å². The Balaban J connectivity index is 1.66. The largest absolute Gasteiger partial charge is 0.497 e. The molecule has 0 amide bonds. The van der Waals surface area contributed by atoms with Crippen molar-refractivity contribution in [3.63, 3.8) is 0 Å². The van der Waals surface area contributed by atoms with Crippen molar-refractivity contribution in [1.82, 2.24) is 9.55 Å². The van der Waals surface area contributed by atoms with E-state index in [1.807, 2.05) is 30.3 Å². The number of imidazole rings is 1. The van der Waals surface area contributed by atoms with Crippen molar-refractivity contribution in [2.45, 2.75) is 18.5 Å². The first-order chi connectivity index (χ1) is 13.7. The first kappa shape index (κ1) is 17.1. The summed E-state index contributed by atoms with van der Waals surface area (Å²) in [5, 5.41) is 4.37. The van der Waals surface area contributed by atoms with Crippen molar-refractivity contribution in [2.75, 3.05) is 12.4 Å². The molecule has 1 aliphatic rings. The topological polar surface area (TPSA) is 39.1 Å². The molecular weight excluding hydrogens is 370 g/mol. The van der Waals surface area contributed by atoms with E-state index < -0.39 is 0 Å². The molecule has 0 radical (unpaired) electrons. The SMILES string of the molecule is COc1cccc([C@@H]2C[C@H](c3ccc(Cl)cc3)Nc3nc4ccccc4n32)c1. The lowest BCUT2D eigenvalue weighted by atomic mass is 9.93. The number of hydrogen-bond donors (Lipinski definition) is 1. The van der Waals surface area contributed by atoms with Crippen molar-refractivity contribution < 1.29 is 4.74 Å². The highest BCUT2D eigenvalue weighted by Crippen LogP contribution is 2.41.